The molecule has 3 aromatic rings. The van der Waals surface area contributed by atoms with Crippen LogP contribution in [0, 0.1) is 12.8 Å². The fourth-order valence-electron chi connectivity index (χ4n) is 5.96. The number of rotatable bonds is 8. The Balaban J connectivity index is 1.30. The van der Waals surface area contributed by atoms with E-state index in [1.807, 2.05) is 5.32 Å². The minimum Gasteiger partial charge on any atom is -0.342 e. The van der Waals surface area contributed by atoms with E-state index in [4.69, 9.17) is 0 Å². The third-order valence-electron chi connectivity index (χ3n) is 8.74. The van der Waals surface area contributed by atoms with Gasteiger partial charge in [-0.25, -0.2) is 27.3 Å². The van der Waals surface area contributed by atoms with Crippen molar-refractivity contribution in [2.75, 3.05) is 0 Å². The molecule has 45 heavy (non-hydrogen) atoms. The van der Waals surface area contributed by atoms with Crippen molar-refractivity contribution < 1.29 is 45.4 Å². The van der Waals surface area contributed by atoms with Gasteiger partial charge in [-0.1, -0.05) is 5.16 Å². The van der Waals surface area contributed by atoms with Crippen LogP contribution in [0.4, 0.5) is 26.3 Å². The van der Waals surface area contributed by atoms with Crippen molar-refractivity contribution in [2.24, 2.45) is 5.92 Å². The van der Waals surface area contributed by atoms with E-state index in [-0.39, 0.29) is 66.8 Å². The molecule has 2 saturated carbocycles. The predicted molar refractivity (Wildman–Crippen MR) is 139 cm³/mol. The highest BCUT2D eigenvalue weighted by Gasteiger charge is 2.59. The summed E-state index contributed by atoms with van der Waals surface area (Å²) in [4.78, 5) is 43.1. The number of nitrogens with one attached hydrogen (secondary N) is 3. The Hall–Kier alpha value is -4.25. The summed E-state index contributed by atoms with van der Waals surface area (Å²) in [5.41, 5.74) is -3.58. The monoisotopic (exact) mass is 642 g/mol. The number of nitrogens with zero attached hydrogens (tertiary/aromatic N) is 5. The Morgan fingerprint density at radius 3 is 2.47 bits per heavy atom. The standard InChI is InChI=1S/C27H28F6N8O4/c1-13-19(40-45-39-13)21(42)37-20(15-2-4-26(29,30)5-3-15)16-12-41-18(35-16)8-14(11-34-41)9-25(38-22(43)24(28)6-7-24)10-17(27(31,32)33)36-23(25)44/h8,11-12,15,17,20H,2-7,9-10H2,1H3,(H,36,44)(H,37,42)(H,38,43)/t17-,20-,25+/m0/s1. The summed E-state index contributed by atoms with van der Waals surface area (Å²) in [6, 6.07) is -1.68. The number of alkyl halides is 6. The predicted octanol–water partition coefficient (Wildman–Crippen LogP) is 3.07. The molecule has 3 aromatic heterocycles. The highest BCUT2D eigenvalue weighted by atomic mass is 19.4. The maximum Gasteiger partial charge on any atom is 0.408 e. The molecule has 242 valence electrons. The summed E-state index contributed by atoms with van der Waals surface area (Å²) in [5.74, 6) is -6.20. The van der Waals surface area contributed by atoms with Crippen LogP contribution in [0.2, 0.25) is 0 Å². The van der Waals surface area contributed by atoms with Crippen molar-refractivity contribution in [1.82, 2.24) is 40.9 Å². The van der Waals surface area contributed by atoms with E-state index in [0.29, 0.717) is 0 Å². The summed E-state index contributed by atoms with van der Waals surface area (Å²) in [6.07, 6.45) is -4.21. The Morgan fingerprint density at radius 2 is 1.87 bits per heavy atom. The largest absolute Gasteiger partial charge is 0.408 e. The number of carbonyl (C=O) groups excluding carboxylic acids is 3. The molecule has 1 aliphatic heterocycles. The molecule has 3 atom stereocenters. The van der Waals surface area contributed by atoms with E-state index in [1.54, 1.807) is 0 Å². The van der Waals surface area contributed by atoms with Gasteiger partial charge in [0.2, 0.25) is 11.8 Å². The number of hydrogen-bond donors (Lipinski definition) is 3. The van der Waals surface area contributed by atoms with Crippen LogP contribution in [0.25, 0.3) is 5.65 Å². The van der Waals surface area contributed by atoms with Gasteiger partial charge < -0.3 is 16.0 Å². The fourth-order valence-corrected chi connectivity index (χ4v) is 5.96. The van der Waals surface area contributed by atoms with Gasteiger partial charge in [0.15, 0.2) is 17.0 Å². The number of aromatic nitrogens is 5. The number of amides is 3. The van der Waals surface area contributed by atoms with Crippen LogP contribution in [0.15, 0.2) is 23.1 Å². The quantitative estimate of drug-likeness (QED) is 0.317. The average molecular weight is 643 g/mol. The maximum absolute atomic E-state index is 14.5. The molecule has 2 aliphatic carbocycles. The average Bonchev–Trinajstić information content (AvgIpc) is 3.25. The van der Waals surface area contributed by atoms with Crippen molar-refractivity contribution in [3.8, 4) is 0 Å². The third kappa shape index (κ3) is 6.05. The lowest BCUT2D eigenvalue weighted by molar-refractivity contribution is -0.155. The van der Waals surface area contributed by atoms with Gasteiger partial charge in [-0.15, -0.1) is 0 Å². The zero-order valence-corrected chi connectivity index (χ0v) is 23.8. The van der Waals surface area contributed by atoms with Gasteiger partial charge in [-0.2, -0.15) is 18.3 Å². The Morgan fingerprint density at radius 1 is 1.16 bits per heavy atom. The lowest BCUT2D eigenvalue weighted by atomic mass is 9.81. The van der Waals surface area contributed by atoms with E-state index in [9.17, 15) is 40.7 Å². The normalized spacial score (nSPS) is 25.1. The zero-order valence-electron chi connectivity index (χ0n) is 23.8. The van der Waals surface area contributed by atoms with Crippen LogP contribution in [0.5, 0.6) is 0 Å². The molecular formula is C27H28F6N8O4. The molecule has 6 rings (SSSR count). The van der Waals surface area contributed by atoms with Crippen LogP contribution in [0.1, 0.15) is 78.4 Å². The summed E-state index contributed by atoms with van der Waals surface area (Å²) >= 11 is 0. The lowest BCUT2D eigenvalue weighted by Gasteiger charge is -2.33. The summed E-state index contributed by atoms with van der Waals surface area (Å²) in [5, 5.41) is 18.3. The molecule has 0 spiro atoms. The number of halogens is 6. The van der Waals surface area contributed by atoms with Crippen molar-refractivity contribution in [3.63, 3.8) is 0 Å². The molecule has 1 saturated heterocycles. The molecule has 12 nitrogen and oxygen atoms in total. The van der Waals surface area contributed by atoms with Crippen LogP contribution in [-0.2, 0) is 16.0 Å². The summed E-state index contributed by atoms with van der Waals surface area (Å²) in [7, 11) is 0. The maximum atomic E-state index is 14.5. The van der Waals surface area contributed by atoms with E-state index in [0.717, 1.165) is 0 Å². The highest BCUT2D eigenvalue weighted by Crippen LogP contribution is 2.43. The first kappa shape index (κ1) is 30.8. The van der Waals surface area contributed by atoms with Crippen LogP contribution >= 0.6 is 0 Å². The first-order chi connectivity index (χ1) is 21.1. The van der Waals surface area contributed by atoms with Gasteiger partial charge in [0.1, 0.15) is 17.3 Å². The second-order valence-corrected chi connectivity index (χ2v) is 12.1. The number of hydrogen-bond acceptors (Lipinski definition) is 8. The molecule has 0 unspecified atom stereocenters. The fraction of sp³-hybridized carbons (Fsp3) is 0.593. The van der Waals surface area contributed by atoms with Crippen LogP contribution in [0.3, 0.4) is 0 Å². The van der Waals surface area contributed by atoms with E-state index in [1.165, 1.54) is 29.9 Å². The lowest BCUT2D eigenvalue weighted by Crippen LogP contribution is -2.57. The first-order valence-electron chi connectivity index (χ1n) is 14.3. The van der Waals surface area contributed by atoms with Crippen molar-refractivity contribution in [2.45, 2.75) is 93.7 Å². The minimum absolute atomic E-state index is 0.0777. The number of aryl methyl sites for hydroxylation is 1. The smallest absolute Gasteiger partial charge is 0.342 e. The van der Waals surface area contributed by atoms with Gasteiger partial charge >= 0.3 is 6.18 Å². The highest BCUT2D eigenvalue weighted by molar-refractivity contribution is 5.97. The van der Waals surface area contributed by atoms with Gasteiger partial charge in [0, 0.05) is 25.7 Å². The van der Waals surface area contributed by atoms with E-state index >= 15 is 0 Å². The molecule has 3 N–H and O–H groups in total. The van der Waals surface area contributed by atoms with Gasteiger partial charge in [0.25, 0.3) is 11.8 Å². The number of fused-ring (bicyclic) bond motifs is 1. The van der Waals surface area contributed by atoms with Crippen molar-refractivity contribution in [3.05, 3.63) is 41.1 Å². The van der Waals surface area contributed by atoms with Gasteiger partial charge in [0.05, 0.1) is 24.1 Å². The molecule has 3 amide bonds. The van der Waals surface area contributed by atoms with Crippen molar-refractivity contribution >= 4 is 23.4 Å². The Kier molecular flexibility index (Phi) is 7.30. The molecule has 4 heterocycles. The van der Waals surface area contributed by atoms with Crippen molar-refractivity contribution in [1.29, 1.82) is 0 Å². The second-order valence-electron chi connectivity index (χ2n) is 12.1. The molecule has 3 aliphatic rings. The first-order valence-corrected chi connectivity index (χ1v) is 14.3. The topological polar surface area (TPSA) is 156 Å². The minimum atomic E-state index is -4.81. The van der Waals surface area contributed by atoms with E-state index in [2.05, 4.69) is 35.7 Å². The Bertz CT molecular complexity index is 1640. The third-order valence-corrected chi connectivity index (χ3v) is 8.74. The number of imidazole rings is 1. The molecular weight excluding hydrogens is 614 g/mol. The van der Waals surface area contributed by atoms with E-state index < -0.39 is 71.9 Å². The number of carbonyl (C=O) groups is 3. The summed E-state index contributed by atoms with van der Waals surface area (Å²) in [6.45, 7) is 1.51. The zero-order chi connectivity index (χ0) is 32.4. The Labute approximate surface area is 250 Å². The summed E-state index contributed by atoms with van der Waals surface area (Å²) < 4.78 is 89.1. The molecule has 18 heteroatoms. The van der Waals surface area contributed by atoms with Gasteiger partial charge in [-0.05, 0) is 55.3 Å². The molecule has 0 aromatic carbocycles. The van der Waals surface area contributed by atoms with Crippen LogP contribution < -0.4 is 16.0 Å². The molecule has 0 radical (unpaired) electrons. The molecule has 0 bridgehead atoms. The van der Waals surface area contributed by atoms with Crippen LogP contribution in [-0.4, -0.2) is 72.0 Å². The molecule has 3 fully saturated rings. The second kappa shape index (κ2) is 10.7. The van der Waals surface area contributed by atoms with Gasteiger partial charge in [-0.3, -0.25) is 14.4 Å². The SMILES string of the molecule is Cc1nonc1C(=O)N[C@H](c1cn2ncc(C[C@@]3(NC(=O)C4(F)CC4)C[C@@H](C(F)(F)F)NC3=O)cc2n1)C1CCC(F)(F)CC1.